The van der Waals surface area contributed by atoms with Gasteiger partial charge in [-0.15, -0.1) is 0 Å². The number of amides is 3. The molecule has 0 atom stereocenters. The molecule has 0 bridgehead atoms. The predicted molar refractivity (Wildman–Crippen MR) is 121 cm³/mol. The summed E-state index contributed by atoms with van der Waals surface area (Å²) in [5.41, 5.74) is 0. The van der Waals surface area contributed by atoms with Crippen LogP contribution in [0.15, 0.2) is 0 Å². The first-order valence-electron chi connectivity index (χ1n) is 10.6. The second-order valence-electron chi connectivity index (χ2n) is 7.25. The van der Waals surface area contributed by atoms with Gasteiger partial charge in [0.25, 0.3) is 0 Å². The van der Waals surface area contributed by atoms with Gasteiger partial charge in [-0.1, -0.05) is 0 Å². The van der Waals surface area contributed by atoms with E-state index in [1.807, 2.05) is 0 Å². The molecule has 3 aliphatic heterocycles. The molecule has 3 fully saturated rings. The Balaban J connectivity index is 1.55. The Morgan fingerprint density at radius 1 is 0.656 bits per heavy atom. The summed E-state index contributed by atoms with van der Waals surface area (Å²) in [6, 6.07) is 0. The summed E-state index contributed by atoms with van der Waals surface area (Å²) >= 11 is 1.75. The Hall–Kier alpha value is -0.820. The maximum Gasteiger partial charge on any atom is 0.314 e. The molecular formula is C18H30N3O8PS2. The van der Waals surface area contributed by atoms with Gasteiger partial charge in [-0.3, -0.25) is 18.9 Å². The summed E-state index contributed by atoms with van der Waals surface area (Å²) in [6.07, 6.45) is 0. The van der Waals surface area contributed by atoms with Crippen molar-refractivity contribution in [3.8, 4) is 0 Å². The number of carbonyl (C=O) groups excluding carboxylic acids is 3. The van der Waals surface area contributed by atoms with Crippen LogP contribution in [0.1, 0.15) is 0 Å². The number of rotatable bonds is 9. The first-order chi connectivity index (χ1) is 15.5. The maximum absolute atomic E-state index is 13.5. The highest BCUT2D eigenvalue weighted by atomic mass is 33.1. The fourth-order valence-electron chi connectivity index (χ4n) is 3.23. The molecular weight excluding hydrogens is 481 g/mol. The number of ether oxygens (including phenoxy) is 3. The van der Waals surface area contributed by atoms with Gasteiger partial charge in [0.2, 0.25) is 17.7 Å². The number of hydrogen-bond donors (Lipinski definition) is 0. The predicted octanol–water partition coefficient (Wildman–Crippen LogP) is 0.154. The van der Waals surface area contributed by atoms with Gasteiger partial charge >= 0.3 is 5.77 Å². The molecule has 0 aromatic rings. The molecule has 0 aromatic heterocycles. The zero-order chi connectivity index (χ0) is 22.8. The van der Waals surface area contributed by atoms with Crippen LogP contribution in [0.4, 0.5) is 0 Å². The minimum absolute atomic E-state index is 0.0538. The lowest BCUT2D eigenvalue weighted by molar-refractivity contribution is -0.137. The second kappa shape index (κ2) is 13.2. The Morgan fingerprint density at radius 3 is 1.38 bits per heavy atom. The highest BCUT2D eigenvalue weighted by Gasteiger charge is 2.32. The molecule has 3 amide bonds. The van der Waals surface area contributed by atoms with Gasteiger partial charge in [0.15, 0.2) is 0 Å². The van der Waals surface area contributed by atoms with E-state index < -0.39 is 5.77 Å². The Kier molecular flexibility index (Phi) is 10.6. The van der Waals surface area contributed by atoms with Crippen molar-refractivity contribution in [2.24, 2.45) is 0 Å². The van der Waals surface area contributed by atoms with Gasteiger partial charge in [-0.25, -0.2) is 0 Å². The molecule has 0 radical (unpaired) electrons. The molecule has 3 saturated heterocycles. The van der Waals surface area contributed by atoms with Crippen molar-refractivity contribution < 1.29 is 37.7 Å². The summed E-state index contributed by atoms with van der Waals surface area (Å²) in [4.78, 5) is 42.4. The fourth-order valence-corrected chi connectivity index (χ4v) is 8.84. The molecule has 182 valence electrons. The molecule has 3 heterocycles. The molecule has 0 unspecified atom stereocenters. The molecule has 0 saturated carbocycles. The number of hydrogen-bond acceptors (Lipinski definition) is 10. The van der Waals surface area contributed by atoms with Crippen LogP contribution in [0.3, 0.4) is 0 Å². The lowest BCUT2D eigenvalue weighted by Gasteiger charge is -2.29. The van der Waals surface area contributed by atoms with Crippen LogP contribution >= 0.6 is 28.5 Å². The van der Waals surface area contributed by atoms with Gasteiger partial charge in [0.1, 0.15) is 6.61 Å². The minimum Gasteiger partial charge on any atom is -0.378 e. The highest BCUT2D eigenvalue weighted by molar-refractivity contribution is 8.89. The van der Waals surface area contributed by atoms with E-state index in [2.05, 4.69) is 0 Å². The average Bonchev–Trinajstić information content (AvgIpc) is 2.86. The van der Waals surface area contributed by atoms with Crippen molar-refractivity contribution in [2.75, 3.05) is 97.0 Å². The molecule has 0 N–H and O–H groups in total. The Morgan fingerprint density at radius 2 is 1.00 bits per heavy atom. The summed E-state index contributed by atoms with van der Waals surface area (Å²) in [6.45, 7) is 5.30. The second-order valence-corrected chi connectivity index (χ2v) is 14.6. The quantitative estimate of drug-likeness (QED) is 0.396. The smallest absolute Gasteiger partial charge is 0.314 e. The van der Waals surface area contributed by atoms with Crippen molar-refractivity contribution >= 4 is 46.3 Å². The third-order valence-corrected chi connectivity index (χ3v) is 12.2. The van der Waals surface area contributed by atoms with E-state index in [1.165, 1.54) is 0 Å². The maximum atomic E-state index is 13.5. The van der Waals surface area contributed by atoms with Crippen molar-refractivity contribution in [3.05, 3.63) is 0 Å². The molecule has 11 nitrogen and oxygen atoms in total. The fraction of sp³-hybridized carbons (Fsp3) is 0.833. The van der Waals surface area contributed by atoms with Crippen LogP contribution in [0.5, 0.6) is 0 Å². The van der Waals surface area contributed by atoms with Gasteiger partial charge < -0.3 is 33.4 Å². The zero-order valence-electron chi connectivity index (χ0n) is 18.0. The lowest BCUT2D eigenvalue weighted by Crippen LogP contribution is -2.42. The number of morpholine rings is 3. The monoisotopic (exact) mass is 511 g/mol. The average molecular weight is 512 g/mol. The third kappa shape index (κ3) is 8.19. The van der Waals surface area contributed by atoms with E-state index in [4.69, 9.17) is 18.7 Å². The highest BCUT2D eigenvalue weighted by Crippen LogP contribution is 2.69. The SMILES string of the molecule is O=C(COP(=O)(SCC(=O)N1CCOCC1)SCC(=O)N1CCOCC1)N1CCOCC1. The zero-order valence-corrected chi connectivity index (χ0v) is 20.5. The Bertz CT molecular complexity index is 607. The first kappa shape index (κ1) is 25.8. The summed E-state index contributed by atoms with van der Waals surface area (Å²) in [5, 5.41) is 0. The van der Waals surface area contributed by atoms with Gasteiger partial charge in [0, 0.05) is 39.3 Å². The van der Waals surface area contributed by atoms with Crippen molar-refractivity contribution in [1.82, 2.24) is 14.7 Å². The van der Waals surface area contributed by atoms with Crippen LogP contribution in [0, 0.1) is 0 Å². The van der Waals surface area contributed by atoms with E-state index in [9.17, 15) is 18.9 Å². The van der Waals surface area contributed by atoms with E-state index in [1.54, 1.807) is 14.7 Å². The van der Waals surface area contributed by atoms with Gasteiger partial charge in [-0.2, -0.15) is 0 Å². The summed E-state index contributed by atoms with van der Waals surface area (Å²) < 4.78 is 34.8. The molecule has 14 heteroatoms. The van der Waals surface area contributed by atoms with E-state index in [0.29, 0.717) is 78.9 Å². The van der Waals surface area contributed by atoms with Crippen LogP contribution in [-0.4, -0.2) is 129 Å². The van der Waals surface area contributed by atoms with Crippen LogP contribution < -0.4 is 0 Å². The molecule has 0 spiro atoms. The number of carbonyl (C=O) groups is 3. The lowest BCUT2D eigenvalue weighted by atomic mass is 10.4. The number of nitrogens with zero attached hydrogens (tertiary/aromatic N) is 3. The molecule has 0 aromatic carbocycles. The van der Waals surface area contributed by atoms with Gasteiger partial charge in [-0.05, 0) is 22.8 Å². The molecule has 0 aliphatic carbocycles. The summed E-state index contributed by atoms with van der Waals surface area (Å²) in [7, 11) is 0. The standard InChI is InChI=1S/C18H30N3O8PS2/c22-16(19-1-7-26-8-2-19)13-29-30(25,31-14-17(23)20-3-9-27-10-4-20)32-15-18(24)21-5-11-28-12-6-21/h1-15H2. The van der Waals surface area contributed by atoms with E-state index >= 15 is 0 Å². The molecule has 32 heavy (non-hydrogen) atoms. The minimum atomic E-state index is -3.54. The molecule has 3 aliphatic rings. The molecule has 3 rings (SSSR count). The largest absolute Gasteiger partial charge is 0.378 e. The van der Waals surface area contributed by atoms with Crippen molar-refractivity contribution in [2.45, 2.75) is 0 Å². The van der Waals surface area contributed by atoms with Crippen molar-refractivity contribution in [3.63, 3.8) is 0 Å². The van der Waals surface area contributed by atoms with Crippen LogP contribution in [0.25, 0.3) is 0 Å². The third-order valence-electron chi connectivity index (χ3n) is 5.13. The van der Waals surface area contributed by atoms with E-state index in [-0.39, 0.29) is 35.8 Å². The van der Waals surface area contributed by atoms with E-state index in [0.717, 1.165) is 22.8 Å². The van der Waals surface area contributed by atoms with Crippen molar-refractivity contribution in [1.29, 1.82) is 0 Å². The van der Waals surface area contributed by atoms with Gasteiger partial charge in [0.05, 0.1) is 51.1 Å². The Labute approximate surface area is 195 Å². The summed E-state index contributed by atoms with van der Waals surface area (Å²) in [5.74, 6) is -4.26. The van der Waals surface area contributed by atoms with Crippen LogP contribution in [0.2, 0.25) is 0 Å². The topological polar surface area (TPSA) is 115 Å². The van der Waals surface area contributed by atoms with Crippen LogP contribution in [-0.2, 0) is 37.7 Å². The normalized spacial score (nSPS) is 20.3. The first-order valence-corrected chi connectivity index (χ1v) is 15.4.